The molecule has 0 aliphatic heterocycles. The molecular weight excluding hydrogens is 341 g/mol. The Morgan fingerprint density at radius 2 is 1.68 bits per heavy atom. The Labute approximate surface area is 146 Å². The summed E-state index contributed by atoms with van der Waals surface area (Å²) in [5, 5.41) is 0. The lowest BCUT2D eigenvalue weighted by Gasteiger charge is -2.18. The molecule has 3 aromatic rings. The number of hydrogen-bond donors (Lipinski definition) is 0. The molecule has 0 atom stereocenters. The van der Waals surface area contributed by atoms with Gasteiger partial charge in [-0.15, -0.1) is 0 Å². The van der Waals surface area contributed by atoms with E-state index >= 15 is 0 Å². The van der Waals surface area contributed by atoms with Crippen LogP contribution in [0.15, 0.2) is 52.9 Å². The van der Waals surface area contributed by atoms with Crippen LogP contribution in [0.1, 0.15) is 13.8 Å². The lowest BCUT2D eigenvalue weighted by atomic mass is 10.2. The van der Waals surface area contributed by atoms with Gasteiger partial charge in [0.05, 0.1) is 18.8 Å². The van der Waals surface area contributed by atoms with Crippen molar-refractivity contribution >= 4 is 18.7 Å². The zero-order chi connectivity index (χ0) is 17.7. The molecule has 7 heteroatoms. The van der Waals surface area contributed by atoms with E-state index in [1.807, 2.05) is 42.5 Å². The highest BCUT2D eigenvalue weighted by molar-refractivity contribution is 7.53. The fourth-order valence-corrected chi connectivity index (χ4v) is 3.72. The second kappa shape index (κ2) is 7.83. The molecule has 0 bridgehead atoms. The average molecular weight is 361 g/mol. The van der Waals surface area contributed by atoms with E-state index < -0.39 is 7.60 Å². The molecule has 0 aliphatic carbocycles. The molecule has 0 radical (unpaired) electrons. The van der Waals surface area contributed by atoms with Crippen LogP contribution in [0, 0.1) is 0 Å². The third-order valence-corrected chi connectivity index (χ3v) is 5.19. The molecule has 6 nitrogen and oxygen atoms in total. The van der Waals surface area contributed by atoms with Gasteiger partial charge in [0.1, 0.15) is 11.3 Å². The minimum absolute atomic E-state index is 0.175. The van der Waals surface area contributed by atoms with Crippen LogP contribution < -0.4 is 4.74 Å². The summed E-state index contributed by atoms with van der Waals surface area (Å²) < 4.78 is 34.6. The van der Waals surface area contributed by atoms with Gasteiger partial charge < -0.3 is 18.2 Å². The van der Waals surface area contributed by atoms with Gasteiger partial charge >= 0.3 is 7.60 Å². The molecule has 0 aliphatic rings. The van der Waals surface area contributed by atoms with Crippen molar-refractivity contribution in [3.63, 3.8) is 0 Å². The Kier molecular flexibility index (Phi) is 5.53. The van der Waals surface area contributed by atoms with Crippen molar-refractivity contribution in [1.29, 1.82) is 0 Å². The minimum Gasteiger partial charge on any atom is -0.480 e. The predicted octanol–water partition coefficient (Wildman–Crippen LogP) is 5.10. The zero-order valence-electron chi connectivity index (χ0n) is 14.2. The maximum absolute atomic E-state index is 12.6. The van der Waals surface area contributed by atoms with Crippen molar-refractivity contribution in [2.24, 2.45) is 0 Å². The lowest BCUT2D eigenvalue weighted by molar-refractivity contribution is 0.197. The van der Waals surface area contributed by atoms with E-state index in [-0.39, 0.29) is 19.6 Å². The quantitative estimate of drug-likeness (QED) is 0.520. The molecule has 2 aromatic carbocycles. The Bertz CT molecular complexity index is 849. The number of para-hydroxylation sites is 3. The number of fused-ring (bicyclic) bond motifs is 1. The summed E-state index contributed by atoms with van der Waals surface area (Å²) in [5.41, 5.74) is 2.14. The number of nitrogens with zero attached hydrogens (tertiary/aromatic N) is 1. The van der Waals surface area contributed by atoms with Gasteiger partial charge in [0.15, 0.2) is 11.9 Å². The summed E-state index contributed by atoms with van der Waals surface area (Å²) in [4.78, 5) is 4.48. The fraction of sp³-hybridized carbons (Fsp3) is 0.278. The van der Waals surface area contributed by atoms with Crippen molar-refractivity contribution in [3.8, 4) is 17.2 Å². The maximum Gasteiger partial charge on any atom is 0.367 e. The first-order chi connectivity index (χ1) is 12.1. The molecule has 0 fully saturated rings. The molecule has 3 rings (SSSR count). The van der Waals surface area contributed by atoms with E-state index in [2.05, 4.69) is 4.98 Å². The predicted molar refractivity (Wildman–Crippen MR) is 95.8 cm³/mol. The molecule has 25 heavy (non-hydrogen) atoms. The molecule has 132 valence electrons. The van der Waals surface area contributed by atoms with E-state index in [1.54, 1.807) is 19.9 Å². The SMILES string of the molecule is CCOP(=O)(COc1ccccc1-c1nc2ccccc2o1)OCC. The van der Waals surface area contributed by atoms with Crippen LogP contribution in [0.5, 0.6) is 5.75 Å². The second-order valence-corrected chi connectivity index (χ2v) is 7.20. The van der Waals surface area contributed by atoms with Gasteiger partial charge in [0.2, 0.25) is 5.89 Å². The first-order valence-corrected chi connectivity index (χ1v) is 9.84. The molecule has 0 N–H and O–H groups in total. The van der Waals surface area contributed by atoms with E-state index in [0.717, 1.165) is 5.52 Å². The van der Waals surface area contributed by atoms with Crippen LogP contribution in [-0.4, -0.2) is 24.5 Å². The number of aromatic nitrogens is 1. The van der Waals surface area contributed by atoms with Gasteiger partial charge in [0.25, 0.3) is 0 Å². The fourth-order valence-electron chi connectivity index (χ4n) is 2.41. The summed E-state index contributed by atoms with van der Waals surface area (Å²) in [7, 11) is -3.30. The highest BCUT2D eigenvalue weighted by atomic mass is 31.2. The number of rotatable bonds is 8. The highest BCUT2D eigenvalue weighted by Crippen LogP contribution is 2.48. The lowest BCUT2D eigenvalue weighted by Crippen LogP contribution is -2.06. The summed E-state index contributed by atoms with van der Waals surface area (Å²) >= 11 is 0. The van der Waals surface area contributed by atoms with Crippen LogP contribution in [-0.2, 0) is 13.6 Å². The Balaban J connectivity index is 1.87. The van der Waals surface area contributed by atoms with Crippen molar-refractivity contribution in [1.82, 2.24) is 4.98 Å². The standard InChI is InChI=1S/C18H20NO5P/c1-3-22-25(20,23-4-2)13-21-16-11-7-5-9-14(16)18-19-15-10-6-8-12-17(15)24-18/h5-12H,3-4,13H2,1-2H3. The number of ether oxygens (including phenoxy) is 1. The summed E-state index contributed by atoms with van der Waals surface area (Å²) in [6, 6.07) is 14.8. The second-order valence-electron chi connectivity index (χ2n) is 5.20. The van der Waals surface area contributed by atoms with Gasteiger partial charge in [-0.3, -0.25) is 4.57 Å². The molecule has 1 aromatic heterocycles. The molecule has 0 amide bonds. The largest absolute Gasteiger partial charge is 0.480 e. The van der Waals surface area contributed by atoms with Crippen LogP contribution in [0.2, 0.25) is 0 Å². The monoisotopic (exact) mass is 361 g/mol. The van der Waals surface area contributed by atoms with Crippen LogP contribution in [0.3, 0.4) is 0 Å². The van der Waals surface area contributed by atoms with E-state index in [4.69, 9.17) is 18.2 Å². The third kappa shape index (κ3) is 4.10. The van der Waals surface area contributed by atoms with Crippen molar-refractivity contribution < 1.29 is 22.8 Å². The van der Waals surface area contributed by atoms with Crippen LogP contribution in [0.25, 0.3) is 22.6 Å². The minimum atomic E-state index is -3.30. The van der Waals surface area contributed by atoms with Gasteiger partial charge in [-0.1, -0.05) is 24.3 Å². The summed E-state index contributed by atoms with van der Waals surface area (Å²) in [5.74, 6) is 0.952. The van der Waals surface area contributed by atoms with E-state index in [1.165, 1.54) is 0 Å². The first kappa shape index (κ1) is 17.7. The number of oxazole rings is 1. The first-order valence-electron chi connectivity index (χ1n) is 8.11. The molecule has 0 unspecified atom stereocenters. The molecule has 0 spiro atoms. The summed E-state index contributed by atoms with van der Waals surface area (Å²) in [6.07, 6.45) is -0.175. The highest BCUT2D eigenvalue weighted by Gasteiger charge is 2.25. The zero-order valence-corrected chi connectivity index (χ0v) is 15.1. The average Bonchev–Trinajstić information content (AvgIpc) is 3.05. The smallest absolute Gasteiger partial charge is 0.367 e. The maximum atomic E-state index is 12.6. The van der Waals surface area contributed by atoms with Crippen molar-refractivity contribution in [2.75, 3.05) is 19.6 Å². The normalized spacial score (nSPS) is 11.8. The molecular formula is C18H20NO5P. The molecule has 0 saturated heterocycles. The third-order valence-electron chi connectivity index (χ3n) is 3.44. The Morgan fingerprint density at radius 3 is 2.40 bits per heavy atom. The van der Waals surface area contributed by atoms with Crippen LogP contribution >= 0.6 is 7.60 Å². The van der Waals surface area contributed by atoms with Gasteiger partial charge in [0, 0.05) is 0 Å². The summed E-state index contributed by atoms with van der Waals surface area (Å²) in [6.45, 7) is 4.09. The number of hydrogen-bond acceptors (Lipinski definition) is 6. The van der Waals surface area contributed by atoms with Gasteiger partial charge in [-0.2, -0.15) is 0 Å². The Morgan fingerprint density at radius 1 is 1.00 bits per heavy atom. The molecule has 0 saturated carbocycles. The van der Waals surface area contributed by atoms with E-state index in [9.17, 15) is 4.57 Å². The van der Waals surface area contributed by atoms with Crippen molar-refractivity contribution in [2.45, 2.75) is 13.8 Å². The number of benzene rings is 2. The van der Waals surface area contributed by atoms with Crippen LogP contribution in [0.4, 0.5) is 0 Å². The molecule has 1 heterocycles. The Hall–Kier alpha value is -2.14. The van der Waals surface area contributed by atoms with E-state index in [0.29, 0.717) is 22.8 Å². The van der Waals surface area contributed by atoms with Crippen molar-refractivity contribution in [3.05, 3.63) is 48.5 Å². The van der Waals surface area contributed by atoms with Gasteiger partial charge in [-0.05, 0) is 38.1 Å². The van der Waals surface area contributed by atoms with Gasteiger partial charge in [-0.25, -0.2) is 4.98 Å². The topological polar surface area (TPSA) is 70.8 Å².